The van der Waals surface area contributed by atoms with E-state index in [4.69, 9.17) is 10.5 Å². The van der Waals surface area contributed by atoms with E-state index in [1.54, 1.807) is 24.3 Å². The fraction of sp³-hybridized carbons (Fsp3) is 0.125. The third kappa shape index (κ3) is 3.41. The summed E-state index contributed by atoms with van der Waals surface area (Å²) in [5.41, 5.74) is 2.49. The molecule has 0 heterocycles. The van der Waals surface area contributed by atoms with Gasteiger partial charge in [0.2, 0.25) is 0 Å². The van der Waals surface area contributed by atoms with Crippen LogP contribution in [0.2, 0.25) is 0 Å². The Morgan fingerprint density at radius 2 is 1.55 bits per heavy atom. The van der Waals surface area contributed by atoms with Crippen LogP contribution in [0.25, 0.3) is 0 Å². The van der Waals surface area contributed by atoms with E-state index < -0.39 is 0 Å². The van der Waals surface area contributed by atoms with E-state index in [2.05, 4.69) is 11.4 Å². The predicted molar refractivity (Wildman–Crippen MR) is 72.8 cm³/mol. The molecule has 1 N–H and O–H groups in total. The van der Waals surface area contributed by atoms with Crippen LogP contribution in [0.5, 0.6) is 0 Å². The molecule has 20 heavy (non-hydrogen) atoms. The molecule has 2 aromatic carbocycles. The normalized spacial score (nSPS) is 9.75. The molecular weight excluding hydrogens is 253 g/mol. The van der Waals surface area contributed by atoms with E-state index in [-0.39, 0.29) is 5.82 Å². The van der Waals surface area contributed by atoms with Gasteiger partial charge in [-0.1, -0.05) is 18.2 Å². The molecule has 0 fully saturated rings. The zero-order chi connectivity index (χ0) is 14.4. The predicted octanol–water partition coefficient (Wildman–Crippen LogP) is 2.86. The Morgan fingerprint density at radius 3 is 2.15 bits per heavy atom. The van der Waals surface area contributed by atoms with Crippen LogP contribution in [0.4, 0.5) is 4.39 Å². The molecule has 0 saturated carbocycles. The largest absolute Gasteiger partial charge is 0.309 e. The van der Waals surface area contributed by atoms with Gasteiger partial charge in [0.05, 0.1) is 23.3 Å². The highest BCUT2D eigenvalue weighted by molar-refractivity contribution is 5.33. The molecule has 0 spiro atoms. The third-order valence-corrected chi connectivity index (χ3v) is 2.91. The van der Waals surface area contributed by atoms with Crippen LogP contribution in [-0.2, 0) is 13.1 Å². The topological polar surface area (TPSA) is 59.6 Å². The Bertz CT molecular complexity index is 678. The van der Waals surface area contributed by atoms with Gasteiger partial charge in [-0.3, -0.25) is 0 Å². The molecule has 3 nitrogen and oxygen atoms in total. The smallest absolute Gasteiger partial charge is 0.129 e. The van der Waals surface area contributed by atoms with Gasteiger partial charge in [0.25, 0.3) is 0 Å². The van der Waals surface area contributed by atoms with Gasteiger partial charge in [-0.25, -0.2) is 4.39 Å². The number of nitrogens with one attached hydrogen (secondary N) is 1. The van der Waals surface area contributed by atoms with Gasteiger partial charge in [0.1, 0.15) is 5.82 Å². The lowest BCUT2D eigenvalue weighted by Crippen LogP contribution is -2.13. The molecule has 98 valence electrons. The van der Waals surface area contributed by atoms with Crippen molar-refractivity contribution in [2.45, 2.75) is 13.1 Å². The van der Waals surface area contributed by atoms with Gasteiger partial charge in [0.15, 0.2) is 0 Å². The number of benzene rings is 2. The second-order valence-electron chi connectivity index (χ2n) is 4.33. The van der Waals surface area contributed by atoms with Crippen LogP contribution >= 0.6 is 0 Å². The van der Waals surface area contributed by atoms with Crippen molar-refractivity contribution in [2.75, 3.05) is 0 Å². The first kappa shape index (κ1) is 13.7. The first-order chi connectivity index (χ1) is 9.72. The van der Waals surface area contributed by atoms with E-state index in [1.807, 2.05) is 18.2 Å². The first-order valence-electron chi connectivity index (χ1n) is 6.11. The first-order valence-corrected chi connectivity index (χ1v) is 6.11. The second-order valence-corrected chi connectivity index (χ2v) is 4.33. The van der Waals surface area contributed by atoms with E-state index in [0.29, 0.717) is 29.8 Å². The highest BCUT2D eigenvalue weighted by atomic mass is 19.1. The minimum atomic E-state index is -0.378. The van der Waals surface area contributed by atoms with Crippen molar-refractivity contribution >= 4 is 0 Å². The molecule has 2 aromatic rings. The second kappa shape index (κ2) is 6.47. The summed E-state index contributed by atoms with van der Waals surface area (Å²) in [6.07, 6.45) is 0. The molecule has 0 aliphatic heterocycles. The van der Waals surface area contributed by atoms with Crippen LogP contribution in [0.15, 0.2) is 42.5 Å². The van der Waals surface area contributed by atoms with Gasteiger partial charge >= 0.3 is 0 Å². The summed E-state index contributed by atoms with van der Waals surface area (Å²) in [5, 5.41) is 20.5. The summed E-state index contributed by atoms with van der Waals surface area (Å²) in [6.45, 7) is 0.975. The molecule has 0 radical (unpaired) electrons. The van der Waals surface area contributed by atoms with E-state index >= 15 is 0 Å². The third-order valence-electron chi connectivity index (χ3n) is 2.91. The number of nitriles is 2. The van der Waals surface area contributed by atoms with Gasteiger partial charge in [-0.05, 0) is 29.8 Å². The number of halogens is 1. The lowest BCUT2D eigenvalue weighted by molar-refractivity contribution is 0.587. The van der Waals surface area contributed by atoms with Crippen molar-refractivity contribution in [3.05, 3.63) is 70.5 Å². The summed E-state index contributed by atoms with van der Waals surface area (Å²) in [4.78, 5) is 0. The monoisotopic (exact) mass is 265 g/mol. The number of rotatable bonds is 4. The lowest BCUT2D eigenvalue weighted by atomic mass is 10.1. The summed E-state index contributed by atoms with van der Waals surface area (Å²) in [7, 11) is 0. The van der Waals surface area contributed by atoms with Crippen LogP contribution < -0.4 is 5.32 Å². The van der Waals surface area contributed by atoms with Crippen LogP contribution in [0.3, 0.4) is 0 Å². The molecule has 0 aliphatic carbocycles. The Labute approximate surface area is 116 Å². The fourth-order valence-electron chi connectivity index (χ4n) is 1.80. The van der Waals surface area contributed by atoms with Gasteiger partial charge in [0, 0.05) is 18.7 Å². The Kier molecular flexibility index (Phi) is 4.44. The van der Waals surface area contributed by atoms with Crippen molar-refractivity contribution in [3.63, 3.8) is 0 Å². The summed E-state index contributed by atoms with van der Waals surface area (Å²) < 4.78 is 13.6. The molecule has 0 atom stereocenters. The summed E-state index contributed by atoms with van der Waals surface area (Å²) in [5.74, 6) is -0.378. The van der Waals surface area contributed by atoms with Crippen molar-refractivity contribution in [1.29, 1.82) is 10.5 Å². The molecule has 0 amide bonds. The fourth-order valence-corrected chi connectivity index (χ4v) is 1.80. The van der Waals surface area contributed by atoms with Crippen LogP contribution in [0, 0.1) is 28.5 Å². The number of nitrogens with zero attached hydrogens (tertiary/aromatic N) is 2. The zero-order valence-electron chi connectivity index (χ0n) is 10.7. The quantitative estimate of drug-likeness (QED) is 0.924. The zero-order valence-corrected chi connectivity index (χ0v) is 10.7. The molecule has 0 aliphatic rings. The molecule has 0 aromatic heterocycles. The Morgan fingerprint density at radius 1 is 0.900 bits per heavy atom. The SMILES string of the molecule is N#Cc1ccc(CNCc2ccc(C#N)cc2F)cc1. The highest BCUT2D eigenvalue weighted by Gasteiger charge is 2.03. The molecule has 0 bridgehead atoms. The maximum Gasteiger partial charge on any atom is 0.129 e. The van der Waals surface area contributed by atoms with Gasteiger partial charge in [-0.2, -0.15) is 10.5 Å². The number of hydrogen-bond acceptors (Lipinski definition) is 3. The lowest BCUT2D eigenvalue weighted by Gasteiger charge is -2.06. The molecule has 2 rings (SSSR count). The van der Waals surface area contributed by atoms with Crippen molar-refractivity contribution in [2.24, 2.45) is 0 Å². The summed E-state index contributed by atoms with van der Waals surface area (Å²) >= 11 is 0. The average molecular weight is 265 g/mol. The van der Waals surface area contributed by atoms with E-state index in [9.17, 15) is 4.39 Å². The van der Waals surface area contributed by atoms with E-state index in [1.165, 1.54) is 6.07 Å². The average Bonchev–Trinajstić information content (AvgIpc) is 2.49. The van der Waals surface area contributed by atoms with E-state index in [0.717, 1.165) is 5.56 Å². The van der Waals surface area contributed by atoms with Crippen LogP contribution in [-0.4, -0.2) is 0 Å². The Balaban J connectivity index is 1.93. The van der Waals surface area contributed by atoms with Gasteiger partial charge < -0.3 is 5.32 Å². The molecule has 4 heteroatoms. The Hall–Kier alpha value is -2.69. The van der Waals surface area contributed by atoms with Gasteiger partial charge in [-0.15, -0.1) is 0 Å². The molecule has 0 unspecified atom stereocenters. The van der Waals surface area contributed by atoms with Crippen molar-refractivity contribution < 1.29 is 4.39 Å². The van der Waals surface area contributed by atoms with Crippen LogP contribution in [0.1, 0.15) is 22.3 Å². The molecular formula is C16H12FN3. The highest BCUT2D eigenvalue weighted by Crippen LogP contribution is 2.10. The maximum absolute atomic E-state index is 13.6. The van der Waals surface area contributed by atoms with Crippen molar-refractivity contribution in [1.82, 2.24) is 5.32 Å². The maximum atomic E-state index is 13.6. The van der Waals surface area contributed by atoms with Crippen molar-refractivity contribution in [3.8, 4) is 12.1 Å². The summed E-state index contributed by atoms with van der Waals surface area (Å²) in [6, 6.07) is 15.6. The minimum Gasteiger partial charge on any atom is -0.309 e. The minimum absolute atomic E-state index is 0.318. The standard InChI is InChI=1S/C16H12FN3/c17-16-7-14(9-19)5-6-15(16)11-20-10-13-3-1-12(8-18)2-4-13/h1-7,20H,10-11H2. The molecule has 0 saturated heterocycles. The number of hydrogen-bond donors (Lipinski definition) is 1.